The number of aromatic nitrogens is 4. The molecule has 3 atom stereocenters. The highest BCUT2D eigenvalue weighted by atomic mass is 16.5. The molecule has 180 valence electrons. The van der Waals surface area contributed by atoms with Crippen molar-refractivity contribution in [1.82, 2.24) is 25.3 Å². The Morgan fingerprint density at radius 1 is 1.33 bits per heavy atom. The van der Waals surface area contributed by atoms with Gasteiger partial charge in [-0.2, -0.15) is 0 Å². The molecule has 0 radical (unpaired) electrons. The van der Waals surface area contributed by atoms with Crippen molar-refractivity contribution in [3.05, 3.63) is 23.5 Å². The average Bonchev–Trinajstić information content (AvgIpc) is 3.17. The number of amides is 1. The van der Waals surface area contributed by atoms with Gasteiger partial charge >= 0.3 is 12.1 Å². The van der Waals surface area contributed by atoms with Crippen molar-refractivity contribution < 1.29 is 24.2 Å². The number of aryl methyl sites for hydroxylation is 2. The van der Waals surface area contributed by atoms with Crippen LogP contribution in [0.4, 0.5) is 4.79 Å². The van der Waals surface area contributed by atoms with Gasteiger partial charge in [0.05, 0.1) is 42.3 Å². The van der Waals surface area contributed by atoms with Crippen molar-refractivity contribution in [3.63, 3.8) is 0 Å². The van der Waals surface area contributed by atoms with Gasteiger partial charge in [-0.25, -0.2) is 14.5 Å². The van der Waals surface area contributed by atoms with Gasteiger partial charge in [0.1, 0.15) is 11.4 Å². The summed E-state index contributed by atoms with van der Waals surface area (Å²) in [5, 5.41) is 20.3. The summed E-state index contributed by atoms with van der Waals surface area (Å²) < 4.78 is 12.9. The Balaban J connectivity index is 1.66. The lowest BCUT2D eigenvalue weighted by Gasteiger charge is -2.27. The molecule has 1 fully saturated rings. The van der Waals surface area contributed by atoms with Gasteiger partial charge in [-0.3, -0.25) is 4.79 Å². The molecule has 10 heteroatoms. The first kappa shape index (κ1) is 24.5. The summed E-state index contributed by atoms with van der Waals surface area (Å²) in [7, 11) is 1.75. The molecule has 0 aromatic carbocycles. The van der Waals surface area contributed by atoms with Crippen LogP contribution >= 0.6 is 0 Å². The van der Waals surface area contributed by atoms with Crippen molar-refractivity contribution in [1.29, 1.82) is 0 Å². The SMILES string of the molecule is CCC(C)COC(=O)NCc1c(-c2ccc(O[C@H]3CCC[C@H](C(=O)O)C3)c(C)n2)nnn1C. The number of carboxylic acid groups (broad SMARTS) is 1. The smallest absolute Gasteiger partial charge is 0.407 e. The molecule has 3 rings (SSSR count). The molecule has 1 unspecified atom stereocenters. The number of ether oxygens (including phenoxy) is 2. The van der Waals surface area contributed by atoms with Crippen molar-refractivity contribution in [2.24, 2.45) is 18.9 Å². The van der Waals surface area contributed by atoms with Crippen molar-refractivity contribution >= 4 is 12.1 Å². The Morgan fingerprint density at radius 3 is 2.82 bits per heavy atom. The van der Waals surface area contributed by atoms with E-state index in [1.165, 1.54) is 0 Å². The van der Waals surface area contributed by atoms with E-state index in [4.69, 9.17) is 9.47 Å². The van der Waals surface area contributed by atoms with Crippen LogP contribution in [0.3, 0.4) is 0 Å². The lowest BCUT2D eigenvalue weighted by atomic mass is 9.87. The summed E-state index contributed by atoms with van der Waals surface area (Å²) in [6.07, 6.45) is 3.18. The minimum atomic E-state index is -0.763. The average molecular weight is 460 g/mol. The van der Waals surface area contributed by atoms with E-state index in [2.05, 4.69) is 20.6 Å². The Bertz CT molecular complexity index is 976. The first-order chi connectivity index (χ1) is 15.8. The molecular formula is C23H33N5O5. The summed E-state index contributed by atoms with van der Waals surface area (Å²) in [4.78, 5) is 28.0. The highest BCUT2D eigenvalue weighted by Crippen LogP contribution is 2.30. The third-order valence-corrected chi connectivity index (χ3v) is 6.09. The summed E-state index contributed by atoms with van der Waals surface area (Å²) >= 11 is 0. The topological polar surface area (TPSA) is 128 Å². The van der Waals surface area contributed by atoms with E-state index in [1.807, 2.05) is 26.8 Å². The maximum atomic E-state index is 12.0. The summed E-state index contributed by atoms with van der Waals surface area (Å²) in [5.74, 6) is -0.183. The van der Waals surface area contributed by atoms with Gasteiger partial charge in [0, 0.05) is 7.05 Å². The lowest BCUT2D eigenvalue weighted by molar-refractivity contribution is -0.143. The number of hydrogen-bond donors (Lipinski definition) is 2. The minimum absolute atomic E-state index is 0.135. The maximum absolute atomic E-state index is 12.0. The number of pyridine rings is 1. The molecule has 10 nitrogen and oxygen atoms in total. The molecule has 2 aromatic rings. The number of carboxylic acids is 1. The largest absolute Gasteiger partial charge is 0.489 e. The summed E-state index contributed by atoms with van der Waals surface area (Å²) in [6.45, 7) is 6.49. The first-order valence-corrected chi connectivity index (χ1v) is 11.4. The molecule has 2 aromatic heterocycles. The molecule has 33 heavy (non-hydrogen) atoms. The number of nitrogens with one attached hydrogen (secondary N) is 1. The zero-order valence-corrected chi connectivity index (χ0v) is 19.7. The molecule has 1 saturated carbocycles. The standard InChI is InChI=1S/C23H33N5O5/c1-5-14(2)13-32-23(31)24-12-19-21(26-27-28(19)4)18-9-10-20(15(3)25-18)33-17-8-6-7-16(11-17)22(29)30/h9-10,14,16-17H,5-8,11-13H2,1-4H3,(H,24,31)(H,29,30)/t14?,16-,17-/m0/s1. The fraction of sp³-hybridized carbons (Fsp3) is 0.609. The second-order valence-corrected chi connectivity index (χ2v) is 8.70. The molecule has 0 aliphatic heterocycles. The molecule has 2 N–H and O–H groups in total. The Kier molecular flexibility index (Phi) is 8.24. The second-order valence-electron chi connectivity index (χ2n) is 8.70. The number of hydrogen-bond acceptors (Lipinski definition) is 7. The Morgan fingerprint density at radius 2 is 2.12 bits per heavy atom. The number of alkyl carbamates (subject to hydrolysis) is 1. The fourth-order valence-corrected chi connectivity index (χ4v) is 3.78. The van der Waals surface area contributed by atoms with Crippen molar-refractivity contribution in [3.8, 4) is 17.1 Å². The third kappa shape index (κ3) is 6.43. The van der Waals surface area contributed by atoms with Gasteiger partial charge in [-0.1, -0.05) is 25.5 Å². The van der Waals surface area contributed by atoms with Crippen LogP contribution in [0, 0.1) is 18.8 Å². The highest BCUT2D eigenvalue weighted by Gasteiger charge is 2.28. The van der Waals surface area contributed by atoms with Crippen LogP contribution in [0.1, 0.15) is 57.3 Å². The van der Waals surface area contributed by atoms with E-state index >= 15 is 0 Å². The van der Waals surface area contributed by atoms with E-state index in [1.54, 1.807) is 17.8 Å². The van der Waals surface area contributed by atoms with Gasteiger partial charge in [0.15, 0.2) is 0 Å². The third-order valence-electron chi connectivity index (χ3n) is 6.09. The van der Waals surface area contributed by atoms with Crippen LogP contribution in [0.15, 0.2) is 12.1 Å². The fourth-order valence-electron chi connectivity index (χ4n) is 3.78. The quantitative estimate of drug-likeness (QED) is 0.583. The second kappa shape index (κ2) is 11.1. The predicted molar refractivity (Wildman–Crippen MR) is 121 cm³/mol. The van der Waals surface area contributed by atoms with E-state index in [-0.39, 0.29) is 18.6 Å². The zero-order chi connectivity index (χ0) is 24.0. The number of carbonyl (C=O) groups excluding carboxylic acids is 1. The minimum Gasteiger partial charge on any atom is -0.489 e. The van der Waals surface area contributed by atoms with Gasteiger partial charge in [-0.15, -0.1) is 5.10 Å². The van der Waals surface area contributed by atoms with Crippen LogP contribution in [-0.4, -0.2) is 49.9 Å². The molecule has 0 saturated heterocycles. The number of carbonyl (C=O) groups is 2. The molecule has 1 amide bonds. The Hall–Kier alpha value is -3.17. The Labute approximate surface area is 193 Å². The molecule has 0 bridgehead atoms. The lowest BCUT2D eigenvalue weighted by Crippen LogP contribution is -2.29. The van der Waals surface area contributed by atoms with E-state index in [9.17, 15) is 14.7 Å². The first-order valence-electron chi connectivity index (χ1n) is 11.4. The van der Waals surface area contributed by atoms with Crippen molar-refractivity contribution in [2.75, 3.05) is 6.61 Å². The zero-order valence-electron chi connectivity index (χ0n) is 19.7. The summed E-state index contributed by atoms with van der Waals surface area (Å²) in [6, 6.07) is 3.63. The van der Waals surface area contributed by atoms with E-state index < -0.39 is 12.1 Å². The van der Waals surface area contributed by atoms with Gasteiger partial charge in [0.25, 0.3) is 0 Å². The van der Waals surface area contributed by atoms with Crippen LogP contribution in [0.2, 0.25) is 0 Å². The van der Waals surface area contributed by atoms with Crippen molar-refractivity contribution in [2.45, 2.75) is 65.5 Å². The molecule has 2 heterocycles. The van der Waals surface area contributed by atoms with Crippen LogP contribution in [-0.2, 0) is 23.1 Å². The van der Waals surface area contributed by atoms with Crippen LogP contribution < -0.4 is 10.1 Å². The highest BCUT2D eigenvalue weighted by molar-refractivity contribution is 5.70. The van der Waals surface area contributed by atoms with Gasteiger partial charge in [-0.05, 0) is 50.7 Å². The van der Waals surface area contributed by atoms with E-state index in [0.29, 0.717) is 53.9 Å². The number of rotatable bonds is 9. The normalized spacial score (nSPS) is 19.0. The monoisotopic (exact) mass is 459 g/mol. The molecule has 0 spiro atoms. The van der Waals surface area contributed by atoms with Gasteiger partial charge in [0.2, 0.25) is 0 Å². The van der Waals surface area contributed by atoms with Crippen LogP contribution in [0.5, 0.6) is 5.75 Å². The maximum Gasteiger partial charge on any atom is 0.407 e. The predicted octanol–water partition coefficient (Wildman–Crippen LogP) is 3.48. The van der Waals surface area contributed by atoms with E-state index in [0.717, 1.165) is 19.3 Å². The number of nitrogens with zero attached hydrogens (tertiary/aromatic N) is 4. The molecular weight excluding hydrogens is 426 g/mol. The molecule has 1 aliphatic rings. The number of aliphatic carboxylic acids is 1. The van der Waals surface area contributed by atoms with Gasteiger partial charge < -0.3 is 19.9 Å². The van der Waals surface area contributed by atoms with Crippen LogP contribution in [0.25, 0.3) is 11.4 Å². The summed E-state index contributed by atoms with van der Waals surface area (Å²) in [5.41, 5.74) is 2.57. The molecule has 1 aliphatic carbocycles.